The third-order valence-corrected chi connectivity index (χ3v) is 3.95. The van der Waals surface area contributed by atoms with E-state index in [1.807, 2.05) is 0 Å². The number of amides is 1. The Kier molecular flexibility index (Phi) is 5.32. The summed E-state index contributed by atoms with van der Waals surface area (Å²) < 4.78 is 37.0. The fourth-order valence-corrected chi connectivity index (χ4v) is 2.57. The molecule has 8 heteroatoms. The molecular formula is C18H19F2N3O3. The van der Waals surface area contributed by atoms with E-state index in [0.717, 1.165) is 5.56 Å². The number of pyridine rings is 1. The highest BCUT2D eigenvalue weighted by Crippen LogP contribution is 2.25. The summed E-state index contributed by atoms with van der Waals surface area (Å²) in [6.45, 7) is -0.266. The number of carbonyl (C=O) groups is 1. The maximum Gasteiger partial charge on any atom is 0.262 e. The van der Waals surface area contributed by atoms with Crippen molar-refractivity contribution in [3.8, 4) is 17.4 Å². The molecule has 0 saturated carbocycles. The Hall–Kier alpha value is -2.74. The Morgan fingerprint density at radius 2 is 2.15 bits per heavy atom. The topological polar surface area (TPSA) is 72.5 Å². The van der Waals surface area contributed by atoms with E-state index in [1.54, 1.807) is 49.7 Å². The van der Waals surface area contributed by atoms with E-state index in [2.05, 4.69) is 15.6 Å². The molecule has 1 aliphatic heterocycles. The first-order valence-electron chi connectivity index (χ1n) is 8.11. The molecule has 26 heavy (non-hydrogen) atoms. The van der Waals surface area contributed by atoms with Gasteiger partial charge in [-0.05, 0) is 17.7 Å². The Morgan fingerprint density at radius 1 is 1.35 bits per heavy atom. The van der Waals surface area contributed by atoms with Gasteiger partial charge in [0, 0.05) is 31.3 Å². The van der Waals surface area contributed by atoms with Crippen LogP contribution >= 0.6 is 0 Å². The lowest BCUT2D eigenvalue weighted by molar-refractivity contribution is -0.123. The number of methoxy groups -OCH3 is 1. The number of nitrogens with zero attached hydrogens (tertiary/aromatic N) is 1. The zero-order valence-corrected chi connectivity index (χ0v) is 14.2. The van der Waals surface area contributed by atoms with Crippen molar-refractivity contribution >= 4 is 5.91 Å². The minimum atomic E-state index is -2.83. The monoisotopic (exact) mass is 363 g/mol. The third-order valence-electron chi connectivity index (χ3n) is 3.95. The summed E-state index contributed by atoms with van der Waals surface area (Å²) in [7, 11) is 1.57. The molecule has 6 nitrogen and oxygen atoms in total. The van der Waals surface area contributed by atoms with Gasteiger partial charge in [-0.3, -0.25) is 10.1 Å². The fourth-order valence-electron chi connectivity index (χ4n) is 2.57. The molecule has 0 spiro atoms. The summed E-state index contributed by atoms with van der Waals surface area (Å²) in [6.07, 6.45) is 1.08. The maximum absolute atomic E-state index is 13.1. The first kappa shape index (κ1) is 18.1. The van der Waals surface area contributed by atoms with Gasteiger partial charge in [-0.15, -0.1) is 0 Å². The lowest BCUT2D eigenvalue weighted by Crippen LogP contribution is -2.40. The highest BCUT2D eigenvalue weighted by atomic mass is 19.3. The van der Waals surface area contributed by atoms with E-state index in [0.29, 0.717) is 17.4 Å². The van der Waals surface area contributed by atoms with Gasteiger partial charge in [0.15, 0.2) is 0 Å². The van der Waals surface area contributed by atoms with Gasteiger partial charge in [-0.2, -0.15) is 0 Å². The van der Waals surface area contributed by atoms with E-state index in [9.17, 15) is 13.6 Å². The second kappa shape index (κ2) is 7.65. The minimum Gasteiger partial charge on any atom is -0.497 e. The summed E-state index contributed by atoms with van der Waals surface area (Å²) >= 11 is 0. The van der Waals surface area contributed by atoms with Gasteiger partial charge in [0.05, 0.1) is 19.7 Å². The molecule has 1 unspecified atom stereocenters. The zero-order valence-electron chi connectivity index (χ0n) is 14.2. The van der Waals surface area contributed by atoms with Gasteiger partial charge in [-0.25, -0.2) is 13.8 Å². The Bertz CT molecular complexity index is 769. The van der Waals surface area contributed by atoms with Gasteiger partial charge in [0.1, 0.15) is 11.5 Å². The van der Waals surface area contributed by atoms with Crippen LogP contribution < -0.4 is 20.1 Å². The van der Waals surface area contributed by atoms with E-state index in [-0.39, 0.29) is 6.54 Å². The number of rotatable bonds is 6. The van der Waals surface area contributed by atoms with Crippen molar-refractivity contribution in [1.29, 1.82) is 0 Å². The number of hydrogen-bond donors (Lipinski definition) is 2. The van der Waals surface area contributed by atoms with Gasteiger partial charge < -0.3 is 14.8 Å². The standard InChI is InChI=1S/C18H19F2N3O3/c1-25-13-3-2-4-14(7-13)26-16-6-5-12(9-21-16)10-22-17(24)15-8-18(19,20)11-23-15/h2-7,9,15,23H,8,10-11H2,1H3,(H,22,24). The summed E-state index contributed by atoms with van der Waals surface area (Å²) in [5.41, 5.74) is 0.737. The first-order valence-corrected chi connectivity index (χ1v) is 8.11. The van der Waals surface area contributed by atoms with Crippen molar-refractivity contribution in [2.45, 2.75) is 24.9 Å². The smallest absolute Gasteiger partial charge is 0.262 e. The molecule has 1 fully saturated rings. The van der Waals surface area contributed by atoms with Crippen LogP contribution in [0.5, 0.6) is 17.4 Å². The predicted octanol–water partition coefficient (Wildman–Crippen LogP) is 2.50. The second-order valence-corrected chi connectivity index (χ2v) is 6.00. The Morgan fingerprint density at radius 3 is 2.81 bits per heavy atom. The Labute approximate surface area is 149 Å². The number of ether oxygens (including phenoxy) is 2. The SMILES string of the molecule is COc1cccc(Oc2ccc(CNC(=O)C3CC(F)(F)CN3)cn2)c1. The van der Waals surface area contributed by atoms with Crippen molar-refractivity contribution in [3.63, 3.8) is 0 Å². The van der Waals surface area contributed by atoms with Crippen molar-refractivity contribution in [2.75, 3.05) is 13.7 Å². The summed E-state index contributed by atoms with van der Waals surface area (Å²) in [6, 6.07) is 9.68. The fraction of sp³-hybridized carbons (Fsp3) is 0.333. The zero-order chi connectivity index (χ0) is 18.6. The molecule has 3 rings (SSSR count). The number of hydrogen-bond acceptors (Lipinski definition) is 5. The number of carbonyl (C=O) groups excluding carboxylic acids is 1. The minimum absolute atomic E-state index is 0.203. The molecule has 138 valence electrons. The first-order chi connectivity index (χ1) is 12.4. The summed E-state index contributed by atoms with van der Waals surface area (Å²) in [4.78, 5) is 16.1. The molecule has 1 aliphatic rings. The average Bonchev–Trinajstić information content (AvgIpc) is 3.01. The highest BCUT2D eigenvalue weighted by Gasteiger charge is 2.42. The molecule has 1 saturated heterocycles. The van der Waals surface area contributed by atoms with Crippen LogP contribution in [0.2, 0.25) is 0 Å². The molecular weight excluding hydrogens is 344 g/mol. The second-order valence-electron chi connectivity index (χ2n) is 6.00. The van der Waals surface area contributed by atoms with E-state index >= 15 is 0 Å². The lowest BCUT2D eigenvalue weighted by atomic mass is 10.2. The number of halogens is 2. The van der Waals surface area contributed by atoms with Crippen LogP contribution in [-0.4, -0.2) is 36.5 Å². The van der Waals surface area contributed by atoms with Crippen molar-refractivity contribution in [3.05, 3.63) is 48.2 Å². The molecule has 0 aliphatic carbocycles. The molecule has 2 aromatic rings. The van der Waals surface area contributed by atoms with Gasteiger partial charge in [-0.1, -0.05) is 12.1 Å². The molecule has 1 atom stereocenters. The lowest BCUT2D eigenvalue weighted by Gasteiger charge is -2.11. The molecule has 2 heterocycles. The van der Waals surface area contributed by atoms with Crippen LogP contribution in [0.3, 0.4) is 0 Å². The van der Waals surface area contributed by atoms with Crippen LogP contribution in [0.15, 0.2) is 42.6 Å². The summed E-state index contributed by atoms with van der Waals surface area (Å²) in [5, 5.41) is 5.15. The van der Waals surface area contributed by atoms with Crippen molar-refractivity contribution in [1.82, 2.24) is 15.6 Å². The molecule has 2 N–H and O–H groups in total. The maximum atomic E-state index is 13.1. The van der Waals surface area contributed by atoms with Crippen LogP contribution in [0.25, 0.3) is 0 Å². The number of aromatic nitrogens is 1. The van der Waals surface area contributed by atoms with E-state index in [1.165, 1.54) is 0 Å². The normalized spacial score (nSPS) is 18.3. The predicted molar refractivity (Wildman–Crippen MR) is 90.5 cm³/mol. The summed E-state index contributed by atoms with van der Waals surface area (Å²) in [5.74, 6) is -1.62. The van der Waals surface area contributed by atoms with Gasteiger partial charge in [0.2, 0.25) is 11.8 Å². The van der Waals surface area contributed by atoms with Crippen LogP contribution in [0.1, 0.15) is 12.0 Å². The molecule has 1 amide bonds. The van der Waals surface area contributed by atoms with Crippen LogP contribution in [0, 0.1) is 0 Å². The largest absolute Gasteiger partial charge is 0.497 e. The molecule has 0 bridgehead atoms. The number of benzene rings is 1. The Balaban J connectivity index is 1.52. The van der Waals surface area contributed by atoms with Crippen LogP contribution in [0.4, 0.5) is 8.78 Å². The van der Waals surface area contributed by atoms with E-state index < -0.39 is 30.8 Å². The quantitative estimate of drug-likeness (QED) is 0.825. The molecule has 1 aromatic carbocycles. The van der Waals surface area contributed by atoms with E-state index in [4.69, 9.17) is 9.47 Å². The average molecular weight is 363 g/mol. The number of alkyl halides is 2. The van der Waals surface area contributed by atoms with Crippen molar-refractivity contribution in [2.24, 2.45) is 0 Å². The molecule has 0 radical (unpaired) electrons. The molecule has 1 aromatic heterocycles. The highest BCUT2D eigenvalue weighted by molar-refractivity contribution is 5.82. The van der Waals surface area contributed by atoms with Crippen LogP contribution in [-0.2, 0) is 11.3 Å². The third kappa shape index (κ3) is 4.66. The van der Waals surface area contributed by atoms with Crippen molar-refractivity contribution < 1.29 is 23.0 Å². The number of nitrogens with one attached hydrogen (secondary N) is 2. The van der Waals surface area contributed by atoms with Gasteiger partial charge >= 0.3 is 0 Å². The van der Waals surface area contributed by atoms with Gasteiger partial charge in [0.25, 0.3) is 5.92 Å².